The topological polar surface area (TPSA) is 230 Å². The van der Waals surface area contributed by atoms with Crippen LogP contribution in [0.3, 0.4) is 0 Å². The van der Waals surface area contributed by atoms with Crippen molar-refractivity contribution in [2.24, 2.45) is 10.2 Å². The summed E-state index contributed by atoms with van der Waals surface area (Å²) in [6.07, 6.45) is 6.01. The number of rotatable bonds is 12. The number of fused-ring (bicyclic) bond motifs is 2. The molecule has 4 aromatic heterocycles. The van der Waals surface area contributed by atoms with E-state index >= 15 is 0 Å². The molecule has 6 rings (SSSR count). The lowest BCUT2D eigenvalue weighted by molar-refractivity contribution is -0.385. The van der Waals surface area contributed by atoms with Gasteiger partial charge in [-0.15, -0.1) is 12.4 Å². The molecule has 0 unspecified atom stereocenters. The highest BCUT2D eigenvalue weighted by Crippen LogP contribution is 2.43. The van der Waals surface area contributed by atoms with Crippen molar-refractivity contribution in [1.82, 2.24) is 29.6 Å². The van der Waals surface area contributed by atoms with Crippen LogP contribution in [0.1, 0.15) is 11.4 Å². The Labute approximate surface area is 321 Å². The zero-order valence-electron chi connectivity index (χ0n) is 27.4. The number of methoxy groups -OCH3 is 4. The Bertz CT molecular complexity index is 2290. The molecule has 19 nitrogen and oxygen atoms in total. The molecule has 0 saturated carbocycles. The first-order chi connectivity index (χ1) is 25.0. The molecule has 0 bridgehead atoms. The number of hydrogen-bond acceptors (Lipinski definition) is 15. The minimum atomic E-state index is -0.584. The van der Waals surface area contributed by atoms with E-state index in [0.717, 1.165) is 0 Å². The minimum Gasteiger partial charge on any atom is -0.496 e. The number of imidazole rings is 2. The summed E-state index contributed by atoms with van der Waals surface area (Å²) in [6.45, 7) is 0. The summed E-state index contributed by atoms with van der Waals surface area (Å²) in [6, 6.07) is 5.37. The van der Waals surface area contributed by atoms with Crippen LogP contribution in [0.5, 0.6) is 23.0 Å². The normalized spacial score (nSPS) is 11.3. The van der Waals surface area contributed by atoms with Gasteiger partial charge in [0.05, 0.1) is 74.2 Å². The van der Waals surface area contributed by atoms with Crippen LogP contribution in [-0.2, 0) is 0 Å². The quantitative estimate of drug-likeness (QED) is 0.0520. The number of benzene rings is 2. The number of nitro benzene ring substituents is 2. The highest BCUT2D eigenvalue weighted by Gasteiger charge is 2.26. The number of nitro groups is 2. The SMILES string of the molecule is COc1cc([N+](=O)[O-])c(OC)cc1-c1nc2sc(Cl)cn2c1/C=N/NC(=N)N/N=C/c1c(-c2cc(OC)c([N+](=O)[O-])cc2OC)nc2sc(Cl)cn12.Cl. The second-order valence-corrected chi connectivity index (χ2v) is 13.4. The maximum Gasteiger partial charge on any atom is 0.314 e. The average molecular weight is 825 g/mol. The number of hydrazone groups is 2. The van der Waals surface area contributed by atoms with Crippen LogP contribution >= 0.6 is 58.3 Å². The van der Waals surface area contributed by atoms with Crippen LogP contribution in [0.4, 0.5) is 11.4 Å². The molecular weight excluding hydrogens is 801 g/mol. The van der Waals surface area contributed by atoms with Crippen molar-refractivity contribution in [1.29, 1.82) is 5.41 Å². The van der Waals surface area contributed by atoms with Gasteiger partial charge in [-0.2, -0.15) is 10.2 Å². The number of ether oxygens (including phenoxy) is 4. The van der Waals surface area contributed by atoms with Crippen LogP contribution in [0.25, 0.3) is 32.4 Å². The Kier molecular flexibility index (Phi) is 11.5. The Morgan fingerprint density at radius 1 is 0.755 bits per heavy atom. The Hall–Kier alpha value is -5.74. The third-order valence-electron chi connectivity index (χ3n) is 7.30. The molecule has 0 atom stereocenters. The van der Waals surface area contributed by atoms with Crippen LogP contribution in [0.2, 0.25) is 8.67 Å². The fourth-order valence-electron chi connectivity index (χ4n) is 5.07. The molecule has 2 aromatic carbocycles. The summed E-state index contributed by atoms with van der Waals surface area (Å²) in [5, 5.41) is 39.9. The molecule has 3 N–H and O–H groups in total. The van der Waals surface area contributed by atoms with E-state index in [9.17, 15) is 20.2 Å². The highest BCUT2D eigenvalue weighted by atomic mass is 35.5. The number of halogens is 3. The summed E-state index contributed by atoms with van der Waals surface area (Å²) >= 11 is 14.9. The molecular formula is C29H24Cl3N11O8S2. The summed E-state index contributed by atoms with van der Waals surface area (Å²) in [4.78, 5) is 32.3. The van der Waals surface area contributed by atoms with Gasteiger partial charge in [0.2, 0.25) is 5.96 Å². The predicted octanol–water partition coefficient (Wildman–Crippen LogP) is 6.50. The van der Waals surface area contributed by atoms with Crippen molar-refractivity contribution in [3.8, 4) is 45.5 Å². The van der Waals surface area contributed by atoms with E-state index in [1.54, 1.807) is 21.2 Å². The van der Waals surface area contributed by atoms with Crippen molar-refractivity contribution < 1.29 is 28.8 Å². The van der Waals surface area contributed by atoms with Crippen molar-refractivity contribution in [2.75, 3.05) is 28.4 Å². The molecule has 0 aliphatic heterocycles. The van der Waals surface area contributed by atoms with Crippen molar-refractivity contribution in [3.05, 3.63) is 76.9 Å². The highest BCUT2D eigenvalue weighted by molar-refractivity contribution is 7.21. The number of guanidine groups is 1. The second kappa shape index (κ2) is 15.9. The lowest BCUT2D eigenvalue weighted by atomic mass is 10.1. The van der Waals surface area contributed by atoms with E-state index in [2.05, 4.69) is 31.0 Å². The molecule has 0 aliphatic carbocycles. The molecule has 276 valence electrons. The maximum atomic E-state index is 11.6. The predicted molar refractivity (Wildman–Crippen MR) is 203 cm³/mol. The smallest absolute Gasteiger partial charge is 0.314 e. The zero-order chi connectivity index (χ0) is 37.3. The number of hydrogen-bond donors (Lipinski definition) is 3. The van der Waals surface area contributed by atoms with E-state index in [4.69, 9.17) is 47.6 Å². The Morgan fingerprint density at radius 2 is 1.13 bits per heavy atom. The first kappa shape index (κ1) is 38.5. The molecule has 0 amide bonds. The number of thiazole rings is 2. The van der Waals surface area contributed by atoms with Crippen LogP contribution in [0, 0.1) is 25.6 Å². The Morgan fingerprint density at radius 3 is 1.47 bits per heavy atom. The van der Waals surface area contributed by atoms with Crippen molar-refractivity contribution in [3.63, 3.8) is 0 Å². The molecule has 4 heterocycles. The summed E-state index contributed by atoms with van der Waals surface area (Å²) in [5.41, 5.74) is 6.77. The molecule has 0 aliphatic rings. The molecule has 24 heteroatoms. The standard InChI is InChI=1S/C29H23Cl2N11O8S2.ClH/c1-47-19-7-15(41(43)44)21(49-3)5-13(19)25-17(39-11-23(30)51-28(39)35-25)9-33-37-27(32)38-34-10-18-26(36-29-40(18)12-24(31)52-29)14-6-22(50-4)16(42(45)46)8-20(14)48-2;/h5-12H,1-4H3,(H3,32,37,38);1H/b33-9+,34-10+;. The van der Waals surface area contributed by atoms with Gasteiger partial charge in [0, 0.05) is 35.7 Å². The van der Waals surface area contributed by atoms with E-state index in [0.29, 0.717) is 52.5 Å². The first-order valence-corrected chi connectivity index (χ1v) is 16.7. The van der Waals surface area contributed by atoms with Gasteiger partial charge in [0.1, 0.15) is 31.6 Å². The van der Waals surface area contributed by atoms with E-state index < -0.39 is 9.85 Å². The Balaban J connectivity index is 0.00000541. The van der Waals surface area contributed by atoms with Gasteiger partial charge in [-0.05, 0) is 0 Å². The lowest BCUT2D eigenvalue weighted by Crippen LogP contribution is -2.29. The summed E-state index contributed by atoms with van der Waals surface area (Å²) < 4.78 is 25.6. The van der Waals surface area contributed by atoms with Gasteiger partial charge in [-0.25, -0.2) is 20.8 Å². The molecule has 0 radical (unpaired) electrons. The number of aromatic nitrogens is 4. The van der Waals surface area contributed by atoms with Gasteiger partial charge < -0.3 is 18.9 Å². The molecule has 0 saturated heterocycles. The number of nitrogens with zero attached hydrogens (tertiary/aromatic N) is 8. The van der Waals surface area contributed by atoms with Gasteiger partial charge in [0.15, 0.2) is 21.4 Å². The van der Waals surface area contributed by atoms with Crippen molar-refractivity contribution in [2.45, 2.75) is 0 Å². The monoisotopic (exact) mass is 823 g/mol. The lowest BCUT2D eigenvalue weighted by Gasteiger charge is -2.10. The van der Waals surface area contributed by atoms with Gasteiger partial charge in [-0.1, -0.05) is 45.9 Å². The molecule has 6 aromatic rings. The fourth-order valence-corrected chi connectivity index (χ4v) is 7.12. The zero-order valence-corrected chi connectivity index (χ0v) is 31.4. The van der Waals surface area contributed by atoms with Gasteiger partial charge in [0.25, 0.3) is 0 Å². The van der Waals surface area contributed by atoms with E-state index in [1.807, 2.05) is 0 Å². The maximum absolute atomic E-state index is 11.6. The van der Waals surface area contributed by atoms with Crippen molar-refractivity contribution >= 4 is 98.0 Å². The van der Waals surface area contributed by atoms with Crippen LogP contribution in [-0.4, -0.2) is 75.4 Å². The average Bonchev–Trinajstić information content (AvgIpc) is 3.86. The number of nitrogens with one attached hydrogen (secondary N) is 3. The first-order valence-electron chi connectivity index (χ1n) is 14.3. The van der Waals surface area contributed by atoms with Crippen LogP contribution < -0.4 is 29.8 Å². The summed E-state index contributed by atoms with van der Waals surface area (Å²) in [5.74, 6) is -0.0152. The third kappa shape index (κ3) is 7.45. The van der Waals surface area contributed by atoms with E-state index in [-0.39, 0.29) is 52.7 Å². The molecule has 53 heavy (non-hydrogen) atoms. The van der Waals surface area contributed by atoms with E-state index in [1.165, 1.54) is 87.8 Å². The largest absolute Gasteiger partial charge is 0.496 e. The third-order valence-corrected chi connectivity index (χ3v) is 9.50. The van der Waals surface area contributed by atoms with Crippen LogP contribution in [0.15, 0.2) is 46.9 Å². The second-order valence-electron chi connectivity index (χ2n) is 10.1. The van der Waals surface area contributed by atoms with Gasteiger partial charge >= 0.3 is 11.4 Å². The minimum absolute atomic E-state index is 0. The summed E-state index contributed by atoms with van der Waals surface area (Å²) in [7, 11) is 5.37. The van der Waals surface area contributed by atoms with Gasteiger partial charge in [-0.3, -0.25) is 34.4 Å². The molecule has 0 spiro atoms. The fraction of sp³-hybridized carbons (Fsp3) is 0.138. The molecule has 0 fully saturated rings.